The van der Waals surface area contributed by atoms with E-state index in [1.807, 2.05) is 17.5 Å². The van der Waals surface area contributed by atoms with E-state index in [1.54, 1.807) is 11.3 Å². The number of likely N-dealkylation sites (tertiary alicyclic amines) is 1. The van der Waals surface area contributed by atoms with Crippen LogP contribution in [0.5, 0.6) is 0 Å². The smallest absolute Gasteiger partial charge is 0.257 e. The normalized spacial score (nSPS) is 20.4. The van der Waals surface area contributed by atoms with Gasteiger partial charge >= 0.3 is 0 Å². The summed E-state index contributed by atoms with van der Waals surface area (Å²) in [7, 11) is 0. The fourth-order valence-corrected chi connectivity index (χ4v) is 3.42. The zero-order chi connectivity index (χ0) is 13.8. The van der Waals surface area contributed by atoms with Crippen molar-refractivity contribution in [2.45, 2.75) is 25.8 Å². The summed E-state index contributed by atoms with van der Waals surface area (Å²) in [6.07, 6.45) is 3.63. The molecule has 6 heteroatoms. The van der Waals surface area contributed by atoms with Crippen molar-refractivity contribution in [2.24, 2.45) is 11.7 Å². The second-order valence-electron chi connectivity index (χ2n) is 5.30. The van der Waals surface area contributed by atoms with Crippen LogP contribution in [-0.2, 0) is 6.54 Å². The van der Waals surface area contributed by atoms with Crippen LogP contribution in [0.2, 0.25) is 0 Å². The Bertz CT molecular complexity index is 523. The van der Waals surface area contributed by atoms with Gasteiger partial charge in [0.2, 0.25) is 5.89 Å². The average molecular weight is 292 g/mol. The average Bonchev–Trinajstić information content (AvgIpc) is 3.10. The summed E-state index contributed by atoms with van der Waals surface area (Å²) < 4.78 is 5.75. The zero-order valence-corrected chi connectivity index (χ0v) is 12.3. The van der Waals surface area contributed by atoms with Crippen LogP contribution in [0.1, 0.15) is 25.2 Å². The molecule has 108 valence electrons. The topological polar surface area (TPSA) is 68.2 Å². The molecule has 0 bridgehead atoms. The summed E-state index contributed by atoms with van der Waals surface area (Å²) in [5.41, 5.74) is 5.66. The van der Waals surface area contributed by atoms with Crippen molar-refractivity contribution < 1.29 is 4.42 Å². The molecule has 3 heterocycles. The van der Waals surface area contributed by atoms with E-state index in [9.17, 15) is 0 Å². The lowest BCUT2D eigenvalue weighted by molar-refractivity contribution is 0.151. The minimum absolute atomic E-state index is 0.630. The number of thiophene rings is 1. The molecule has 2 aromatic rings. The minimum Gasteiger partial charge on any atom is -0.419 e. The van der Waals surface area contributed by atoms with Crippen LogP contribution in [0.25, 0.3) is 10.8 Å². The summed E-state index contributed by atoms with van der Waals surface area (Å²) in [5, 5.41) is 10.3. The van der Waals surface area contributed by atoms with Crippen molar-refractivity contribution >= 4 is 11.3 Å². The van der Waals surface area contributed by atoms with Crippen molar-refractivity contribution in [3.05, 3.63) is 23.4 Å². The highest BCUT2D eigenvalue weighted by Gasteiger charge is 2.21. The third-order valence-electron chi connectivity index (χ3n) is 3.74. The molecule has 0 amide bonds. The number of hydrogen-bond acceptors (Lipinski definition) is 6. The molecule has 2 N–H and O–H groups in total. The number of nitrogens with zero attached hydrogens (tertiary/aromatic N) is 3. The molecule has 0 aliphatic carbocycles. The van der Waals surface area contributed by atoms with Crippen LogP contribution in [0.15, 0.2) is 21.9 Å². The molecular weight excluding hydrogens is 272 g/mol. The highest BCUT2D eigenvalue weighted by atomic mass is 32.1. The molecule has 1 aliphatic rings. The first kappa shape index (κ1) is 13.7. The van der Waals surface area contributed by atoms with Crippen LogP contribution in [0, 0.1) is 5.92 Å². The largest absolute Gasteiger partial charge is 0.419 e. The Labute approximate surface area is 122 Å². The first-order valence-corrected chi connectivity index (χ1v) is 8.02. The van der Waals surface area contributed by atoms with Gasteiger partial charge in [-0.15, -0.1) is 21.5 Å². The van der Waals surface area contributed by atoms with Gasteiger partial charge in [0.15, 0.2) is 0 Å². The van der Waals surface area contributed by atoms with Crippen molar-refractivity contribution in [3.63, 3.8) is 0 Å². The van der Waals surface area contributed by atoms with Gasteiger partial charge in [0.25, 0.3) is 5.89 Å². The Morgan fingerprint density at radius 2 is 2.40 bits per heavy atom. The Balaban J connectivity index is 1.60. The van der Waals surface area contributed by atoms with Crippen LogP contribution < -0.4 is 5.73 Å². The van der Waals surface area contributed by atoms with Crippen molar-refractivity contribution in [1.29, 1.82) is 0 Å². The molecule has 0 saturated carbocycles. The lowest BCUT2D eigenvalue weighted by atomic mass is 9.95. The highest BCUT2D eigenvalue weighted by Crippen LogP contribution is 2.24. The molecule has 3 rings (SSSR count). The number of nitrogens with two attached hydrogens (primary N) is 1. The van der Waals surface area contributed by atoms with Gasteiger partial charge in [-0.3, -0.25) is 4.90 Å². The fourth-order valence-electron chi connectivity index (χ4n) is 2.77. The van der Waals surface area contributed by atoms with Crippen LogP contribution in [0.4, 0.5) is 0 Å². The Morgan fingerprint density at radius 1 is 1.45 bits per heavy atom. The molecule has 1 saturated heterocycles. The zero-order valence-electron chi connectivity index (χ0n) is 11.5. The van der Waals surface area contributed by atoms with Crippen LogP contribution in [-0.4, -0.2) is 34.7 Å². The summed E-state index contributed by atoms with van der Waals surface area (Å²) in [6, 6.07) is 3.99. The third kappa shape index (κ3) is 3.26. The van der Waals surface area contributed by atoms with Crippen LogP contribution >= 0.6 is 11.3 Å². The van der Waals surface area contributed by atoms with E-state index in [0.29, 0.717) is 17.7 Å². The third-order valence-corrected chi connectivity index (χ3v) is 4.59. The van der Waals surface area contributed by atoms with Crippen molar-refractivity contribution in [1.82, 2.24) is 15.1 Å². The SMILES string of the molecule is NCCC1CCCN(Cc2nnc(-c3cccs3)o2)C1. The number of piperidine rings is 1. The number of aromatic nitrogens is 2. The van der Waals surface area contributed by atoms with Gasteiger partial charge in [-0.1, -0.05) is 6.07 Å². The lowest BCUT2D eigenvalue weighted by Crippen LogP contribution is -2.35. The van der Waals surface area contributed by atoms with E-state index < -0.39 is 0 Å². The maximum absolute atomic E-state index is 5.75. The molecule has 1 atom stereocenters. The predicted molar refractivity (Wildman–Crippen MR) is 79.3 cm³/mol. The number of rotatable bonds is 5. The van der Waals surface area contributed by atoms with Gasteiger partial charge < -0.3 is 10.2 Å². The Kier molecular flexibility index (Phi) is 4.44. The van der Waals surface area contributed by atoms with Gasteiger partial charge in [0.1, 0.15) is 0 Å². The maximum atomic E-state index is 5.75. The van der Waals surface area contributed by atoms with E-state index >= 15 is 0 Å². The van der Waals surface area contributed by atoms with Gasteiger partial charge in [0, 0.05) is 6.54 Å². The standard InChI is InChI=1S/C14H20N4OS/c15-6-5-11-3-1-7-18(9-11)10-13-16-17-14(19-13)12-4-2-8-20-12/h2,4,8,11H,1,3,5-7,9-10,15H2. The molecule has 20 heavy (non-hydrogen) atoms. The summed E-state index contributed by atoms with van der Waals surface area (Å²) in [4.78, 5) is 3.43. The second-order valence-corrected chi connectivity index (χ2v) is 6.25. The Hall–Kier alpha value is -1.24. The molecule has 1 aliphatic heterocycles. The highest BCUT2D eigenvalue weighted by molar-refractivity contribution is 7.13. The van der Waals surface area contributed by atoms with Gasteiger partial charge in [-0.2, -0.15) is 0 Å². The van der Waals surface area contributed by atoms with E-state index in [2.05, 4.69) is 15.1 Å². The number of hydrogen-bond donors (Lipinski definition) is 1. The van der Waals surface area contributed by atoms with Gasteiger partial charge in [-0.25, -0.2) is 0 Å². The molecule has 1 unspecified atom stereocenters. The quantitative estimate of drug-likeness (QED) is 0.916. The first-order chi connectivity index (χ1) is 9.85. The van der Waals surface area contributed by atoms with Gasteiger partial charge in [0.05, 0.1) is 11.4 Å². The molecule has 0 spiro atoms. The summed E-state index contributed by atoms with van der Waals surface area (Å²) >= 11 is 1.62. The van der Waals surface area contributed by atoms with Crippen LogP contribution in [0.3, 0.4) is 0 Å². The molecule has 0 aromatic carbocycles. The monoisotopic (exact) mass is 292 g/mol. The maximum Gasteiger partial charge on any atom is 0.257 e. The first-order valence-electron chi connectivity index (χ1n) is 7.14. The molecular formula is C14H20N4OS. The molecule has 5 nitrogen and oxygen atoms in total. The van der Waals surface area contributed by atoms with Crippen molar-refractivity contribution in [2.75, 3.05) is 19.6 Å². The predicted octanol–water partition coefficient (Wildman–Crippen LogP) is 2.36. The molecule has 1 fully saturated rings. The lowest BCUT2D eigenvalue weighted by Gasteiger charge is -2.31. The molecule has 0 radical (unpaired) electrons. The Morgan fingerprint density at radius 3 is 3.20 bits per heavy atom. The van der Waals surface area contributed by atoms with Gasteiger partial charge in [-0.05, 0) is 49.7 Å². The second kappa shape index (κ2) is 6.47. The summed E-state index contributed by atoms with van der Waals surface area (Å²) in [6.45, 7) is 3.73. The van der Waals surface area contributed by atoms with E-state index in [4.69, 9.17) is 10.2 Å². The summed E-state index contributed by atoms with van der Waals surface area (Å²) in [5.74, 6) is 2.06. The molecule has 2 aromatic heterocycles. The van der Waals surface area contributed by atoms with E-state index in [0.717, 1.165) is 37.5 Å². The minimum atomic E-state index is 0.630. The van der Waals surface area contributed by atoms with E-state index in [-0.39, 0.29) is 0 Å². The van der Waals surface area contributed by atoms with Crippen molar-refractivity contribution in [3.8, 4) is 10.8 Å². The van der Waals surface area contributed by atoms with E-state index in [1.165, 1.54) is 12.8 Å². The fraction of sp³-hybridized carbons (Fsp3) is 0.571.